The molecule has 1 N–H and O–H groups in total. The van der Waals surface area contributed by atoms with Gasteiger partial charge in [0, 0.05) is 32.6 Å². The molecule has 2 aromatic rings. The van der Waals surface area contributed by atoms with E-state index < -0.39 is 10.0 Å². The maximum absolute atomic E-state index is 13.2. The van der Waals surface area contributed by atoms with E-state index in [1.54, 1.807) is 18.2 Å². The van der Waals surface area contributed by atoms with Crippen molar-refractivity contribution in [2.75, 3.05) is 49.6 Å². The number of hydrogen-bond donors (Lipinski definition) is 1. The van der Waals surface area contributed by atoms with Crippen molar-refractivity contribution in [2.24, 2.45) is 0 Å². The maximum atomic E-state index is 13.2. The molecule has 1 amide bonds. The van der Waals surface area contributed by atoms with Crippen molar-refractivity contribution < 1.29 is 17.9 Å². The highest BCUT2D eigenvalue weighted by Gasteiger charge is 2.27. The summed E-state index contributed by atoms with van der Waals surface area (Å²) in [5.41, 5.74) is 2.43. The van der Waals surface area contributed by atoms with E-state index in [2.05, 4.69) is 10.2 Å². The van der Waals surface area contributed by atoms with Gasteiger partial charge >= 0.3 is 0 Å². The molecule has 1 unspecified atom stereocenters. The number of nitrogens with one attached hydrogen (secondary N) is 1. The molecular formula is C24H33N3O4S. The fourth-order valence-electron chi connectivity index (χ4n) is 3.93. The van der Waals surface area contributed by atoms with Gasteiger partial charge in [0.05, 0.1) is 29.5 Å². The van der Waals surface area contributed by atoms with Crippen LogP contribution in [0, 0.1) is 0 Å². The fraction of sp³-hybridized carbons (Fsp3) is 0.458. The molecule has 0 aliphatic carbocycles. The normalized spacial score (nSPS) is 15.8. The number of hydrogen-bond acceptors (Lipinski definition) is 5. The largest absolute Gasteiger partial charge is 0.379 e. The number of carbonyl (C=O) groups is 1. The molecule has 7 nitrogen and oxygen atoms in total. The molecular weight excluding hydrogens is 426 g/mol. The molecule has 174 valence electrons. The summed E-state index contributed by atoms with van der Waals surface area (Å²) in [6.45, 7) is 9.00. The Labute approximate surface area is 191 Å². The lowest BCUT2D eigenvalue weighted by Gasteiger charge is -2.28. The Morgan fingerprint density at radius 2 is 1.75 bits per heavy atom. The van der Waals surface area contributed by atoms with Crippen LogP contribution in [0.15, 0.2) is 53.4 Å². The first-order valence-corrected chi connectivity index (χ1v) is 12.6. The molecule has 0 spiro atoms. The molecule has 0 radical (unpaired) electrons. The summed E-state index contributed by atoms with van der Waals surface area (Å²) >= 11 is 0. The number of benzene rings is 2. The van der Waals surface area contributed by atoms with Crippen molar-refractivity contribution in [2.45, 2.75) is 38.0 Å². The van der Waals surface area contributed by atoms with Crippen LogP contribution in [0.3, 0.4) is 0 Å². The number of amides is 1. The van der Waals surface area contributed by atoms with Gasteiger partial charge in [0.15, 0.2) is 0 Å². The van der Waals surface area contributed by atoms with Gasteiger partial charge in [-0.05, 0) is 43.5 Å². The lowest BCUT2D eigenvalue weighted by Crippen LogP contribution is -2.40. The molecule has 1 atom stereocenters. The van der Waals surface area contributed by atoms with Crippen molar-refractivity contribution in [1.82, 2.24) is 4.31 Å². The molecule has 1 fully saturated rings. The van der Waals surface area contributed by atoms with Crippen molar-refractivity contribution in [3.05, 3.63) is 54.1 Å². The van der Waals surface area contributed by atoms with Gasteiger partial charge in [-0.25, -0.2) is 8.42 Å². The average molecular weight is 460 g/mol. The number of rotatable bonds is 9. The minimum Gasteiger partial charge on any atom is -0.379 e. The molecule has 2 aromatic carbocycles. The quantitative estimate of drug-likeness (QED) is 0.619. The van der Waals surface area contributed by atoms with Crippen LogP contribution in [0.1, 0.15) is 38.7 Å². The van der Waals surface area contributed by atoms with Gasteiger partial charge in [0.25, 0.3) is 0 Å². The summed E-state index contributed by atoms with van der Waals surface area (Å²) in [4.78, 5) is 15.2. The van der Waals surface area contributed by atoms with Crippen molar-refractivity contribution in [3.8, 4) is 0 Å². The van der Waals surface area contributed by atoms with Crippen molar-refractivity contribution in [3.63, 3.8) is 0 Å². The van der Waals surface area contributed by atoms with Gasteiger partial charge in [0.2, 0.25) is 15.9 Å². The number of sulfonamides is 1. The van der Waals surface area contributed by atoms with Gasteiger partial charge in [-0.15, -0.1) is 0 Å². The Morgan fingerprint density at radius 1 is 1.09 bits per heavy atom. The van der Waals surface area contributed by atoms with Crippen LogP contribution in [0.4, 0.5) is 11.4 Å². The average Bonchev–Trinajstić information content (AvgIpc) is 2.81. The van der Waals surface area contributed by atoms with Gasteiger partial charge < -0.3 is 15.0 Å². The summed E-state index contributed by atoms with van der Waals surface area (Å²) in [6, 6.07) is 14.9. The first-order valence-electron chi connectivity index (χ1n) is 11.2. The van der Waals surface area contributed by atoms with Crippen molar-refractivity contribution in [1.29, 1.82) is 0 Å². The molecule has 1 saturated heterocycles. The molecule has 0 aromatic heterocycles. The molecule has 0 bridgehead atoms. The summed E-state index contributed by atoms with van der Waals surface area (Å²) in [6.07, 6.45) is 0.308. The molecule has 0 saturated carbocycles. The van der Waals surface area contributed by atoms with E-state index in [0.717, 1.165) is 24.3 Å². The Kier molecular flexibility index (Phi) is 8.28. The van der Waals surface area contributed by atoms with Crippen LogP contribution in [0.25, 0.3) is 0 Å². The molecule has 3 rings (SSSR count). The number of anilines is 2. The van der Waals surface area contributed by atoms with E-state index in [1.807, 2.05) is 51.1 Å². The predicted octanol–water partition coefficient (Wildman–Crippen LogP) is 3.69. The highest BCUT2D eigenvalue weighted by Crippen LogP contribution is 2.31. The van der Waals surface area contributed by atoms with Crippen LogP contribution in [0.2, 0.25) is 0 Å². The van der Waals surface area contributed by atoms with Gasteiger partial charge in [0.1, 0.15) is 0 Å². The molecule has 1 heterocycles. The van der Waals surface area contributed by atoms with Gasteiger partial charge in [-0.3, -0.25) is 4.79 Å². The smallest absolute Gasteiger partial charge is 0.243 e. The first kappa shape index (κ1) is 24.2. The van der Waals surface area contributed by atoms with Gasteiger partial charge in [-0.1, -0.05) is 37.3 Å². The topological polar surface area (TPSA) is 79.0 Å². The molecule has 32 heavy (non-hydrogen) atoms. The highest BCUT2D eigenvalue weighted by molar-refractivity contribution is 7.89. The Morgan fingerprint density at radius 3 is 2.38 bits per heavy atom. The Balaban J connectivity index is 1.87. The van der Waals surface area contributed by atoms with Crippen molar-refractivity contribution >= 4 is 27.3 Å². The monoisotopic (exact) mass is 459 g/mol. The summed E-state index contributed by atoms with van der Waals surface area (Å²) in [7, 11) is -3.66. The van der Waals surface area contributed by atoms with E-state index in [-0.39, 0.29) is 16.7 Å². The maximum Gasteiger partial charge on any atom is 0.243 e. The first-order chi connectivity index (χ1) is 15.4. The van der Waals surface area contributed by atoms with Crippen LogP contribution >= 0.6 is 0 Å². The zero-order valence-corrected chi connectivity index (χ0v) is 19.9. The van der Waals surface area contributed by atoms with Crippen LogP contribution < -0.4 is 10.2 Å². The summed E-state index contributed by atoms with van der Waals surface area (Å²) in [5.74, 6) is -0.0935. The van der Waals surface area contributed by atoms with E-state index in [1.165, 1.54) is 4.31 Å². The SMILES string of the molecule is CCN(CC)c1ccc(S(=O)(=O)N2CCOCC2)cc1NC(=O)CC(C)c1ccccc1. The minimum absolute atomic E-state index is 0.0494. The summed E-state index contributed by atoms with van der Waals surface area (Å²) < 4.78 is 33.0. The highest BCUT2D eigenvalue weighted by atomic mass is 32.2. The standard InChI is InChI=1S/C24H33N3O4S/c1-4-26(5-2)23-12-11-21(32(29,30)27-13-15-31-16-14-27)18-22(23)25-24(28)17-19(3)20-9-7-6-8-10-20/h6-12,18-19H,4-5,13-17H2,1-3H3,(H,25,28). The number of nitrogens with zero attached hydrogens (tertiary/aromatic N) is 2. The lowest BCUT2D eigenvalue weighted by atomic mass is 9.97. The molecule has 1 aliphatic rings. The Hall–Kier alpha value is -2.42. The lowest BCUT2D eigenvalue weighted by molar-refractivity contribution is -0.116. The van der Waals surface area contributed by atoms with E-state index in [4.69, 9.17) is 4.74 Å². The molecule has 8 heteroatoms. The summed E-state index contributed by atoms with van der Waals surface area (Å²) in [5, 5.41) is 2.99. The third-order valence-corrected chi connectivity index (χ3v) is 7.71. The Bertz CT molecular complexity index is 1000. The third-order valence-electron chi connectivity index (χ3n) is 5.81. The second-order valence-corrected chi connectivity index (χ2v) is 9.87. The zero-order valence-electron chi connectivity index (χ0n) is 19.1. The minimum atomic E-state index is -3.66. The van der Waals surface area contributed by atoms with Crippen LogP contribution in [-0.2, 0) is 19.6 Å². The second-order valence-electron chi connectivity index (χ2n) is 7.93. The predicted molar refractivity (Wildman–Crippen MR) is 128 cm³/mol. The van der Waals surface area contributed by atoms with E-state index in [0.29, 0.717) is 38.4 Å². The fourth-order valence-corrected chi connectivity index (χ4v) is 5.37. The zero-order chi connectivity index (χ0) is 23.1. The van der Waals surface area contributed by atoms with Gasteiger partial charge in [-0.2, -0.15) is 4.31 Å². The van der Waals surface area contributed by atoms with Crippen LogP contribution in [0.5, 0.6) is 0 Å². The number of carbonyl (C=O) groups excluding carboxylic acids is 1. The number of morpholine rings is 1. The second kappa shape index (κ2) is 10.9. The van der Waals surface area contributed by atoms with E-state index in [9.17, 15) is 13.2 Å². The van der Waals surface area contributed by atoms with Crippen LogP contribution in [-0.4, -0.2) is 58.0 Å². The molecule has 1 aliphatic heterocycles. The third kappa shape index (κ3) is 5.68. The number of ether oxygens (including phenoxy) is 1. The van der Waals surface area contributed by atoms with E-state index >= 15 is 0 Å².